The third-order valence-electron chi connectivity index (χ3n) is 3.45. The van der Waals surface area contributed by atoms with Crippen LogP contribution in [0.1, 0.15) is 40.0 Å². The molecule has 0 fully saturated rings. The van der Waals surface area contributed by atoms with Crippen molar-refractivity contribution in [2.45, 2.75) is 51.6 Å². The van der Waals surface area contributed by atoms with Crippen LogP contribution in [0.3, 0.4) is 0 Å². The summed E-state index contributed by atoms with van der Waals surface area (Å²) in [6, 6.07) is 0.630. The Morgan fingerprint density at radius 1 is 1.38 bits per heavy atom. The molecule has 0 aromatic heterocycles. The first kappa shape index (κ1) is 12.9. The fourth-order valence-electron chi connectivity index (χ4n) is 1.39. The van der Waals surface area contributed by atoms with E-state index in [0.29, 0.717) is 11.6 Å². The molecule has 0 rings (SSSR count). The highest BCUT2D eigenvalue weighted by Crippen LogP contribution is 2.22. The molecule has 0 saturated carbocycles. The zero-order chi connectivity index (χ0) is 10.5. The summed E-state index contributed by atoms with van der Waals surface area (Å²) in [6.45, 7) is 6.85. The van der Waals surface area contributed by atoms with Gasteiger partial charge in [-0.15, -0.1) is 0 Å². The summed E-state index contributed by atoms with van der Waals surface area (Å²) in [5, 5.41) is 3.28. The van der Waals surface area contributed by atoms with E-state index in [0.717, 1.165) is 0 Å². The van der Waals surface area contributed by atoms with Gasteiger partial charge in [-0.3, -0.25) is 0 Å². The van der Waals surface area contributed by atoms with Gasteiger partial charge in [0.15, 0.2) is 0 Å². The summed E-state index contributed by atoms with van der Waals surface area (Å²) in [5.74, 6) is 0. The minimum Gasteiger partial charge on any atom is -0.317 e. The third-order valence-corrected chi connectivity index (χ3v) is 3.45. The first-order valence-electron chi connectivity index (χ1n) is 5.31. The summed E-state index contributed by atoms with van der Waals surface area (Å²) in [5.41, 5.74) is 0.366. The first-order chi connectivity index (χ1) is 5.96. The lowest BCUT2D eigenvalue weighted by Crippen LogP contribution is -2.41. The standard InChI is InChI=1S/C11H26N2/c1-7-11(3,13(5)6)9-8-10(2)12-4/h10,12H,7-9H2,1-6H3. The van der Waals surface area contributed by atoms with E-state index in [9.17, 15) is 0 Å². The van der Waals surface area contributed by atoms with E-state index in [1.165, 1.54) is 19.3 Å². The van der Waals surface area contributed by atoms with Crippen molar-refractivity contribution in [2.24, 2.45) is 0 Å². The van der Waals surface area contributed by atoms with E-state index in [-0.39, 0.29) is 0 Å². The Morgan fingerprint density at radius 2 is 1.92 bits per heavy atom. The van der Waals surface area contributed by atoms with Crippen LogP contribution in [0.5, 0.6) is 0 Å². The van der Waals surface area contributed by atoms with Gasteiger partial charge in [-0.25, -0.2) is 0 Å². The molecule has 0 heterocycles. The normalized spacial score (nSPS) is 18.7. The Bertz CT molecular complexity index is 134. The molecule has 0 aliphatic heterocycles. The second kappa shape index (κ2) is 5.61. The second-order valence-corrected chi connectivity index (χ2v) is 4.47. The Morgan fingerprint density at radius 3 is 2.23 bits per heavy atom. The van der Waals surface area contributed by atoms with Gasteiger partial charge in [0.1, 0.15) is 0 Å². The van der Waals surface area contributed by atoms with Crippen LogP contribution in [-0.2, 0) is 0 Å². The Balaban J connectivity index is 3.98. The average molecular weight is 186 g/mol. The van der Waals surface area contributed by atoms with Crippen LogP contribution in [-0.4, -0.2) is 37.6 Å². The van der Waals surface area contributed by atoms with Crippen LogP contribution in [0.15, 0.2) is 0 Å². The lowest BCUT2D eigenvalue weighted by atomic mass is 9.90. The molecule has 0 spiro atoms. The monoisotopic (exact) mass is 186 g/mol. The van der Waals surface area contributed by atoms with E-state index in [1.807, 2.05) is 7.05 Å². The van der Waals surface area contributed by atoms with Crippen LogP contribution in [0.4, 0.5) is 0 Å². The molecule has 0 aliphatic rings. The van der Waals surface area contributed by atoms with E-state index in [4.69, 9.17) is 0 Å². The molecule has 1 N–H and O–H groups in total. The number of nitrogens with one attached hydrogen (secondary N) is 1. The summed E-state index contributed by atoms with van der Waals surface area (Å²) in [4.78, 5) is 2.34. The van der Waals surface area contributed by atoms with Crippen LogP contribution in [0, 0.1) is 0 Å². The van der Waals surface area contributed by atoms with Gasteiger partial charge in [-0.2, -0.15) is 0 Å². The lowest BCUT2D eigenvalue weighted by Gasteiger charge is -2.36. The van der Waals surface area contributed by atoms with Gasteiger partial charge in [-0.05, 0) is 54.3 Å². The summed E-state index contributed by atoms with van der Waals surface area (Å²) < 4.78 is 0. The topological polar surface area (TPSA) is 15.3 Å². The molecular weight excluding hydrogens is 160 g/mol. The summed E-state index contributed by atoms with van der Waals surface area (Å²) in [6.07, 6.45) is 3.73. The smallest absolute Gasteiger partial charge is 0.0173 e. The molecule has 0 aliphatic carbocycles. The quantitative estimate of drug-likeness (QED) is 0.683. The number of hydrogen-bond donors (Lipinski definition) is 1. The van der Waals surface area contributed by atoms with Gasteiger partial charge in [-0.1, -0.05) is 6.92 Å². The molecule has 0 amide bonds. The van der Waals surface area contributed by atoms with Gasteiger partial charge in [0.2, 0.25) is 0 Å². The van der Waals surface area contributed by atoms with Crippen molar-refractivity contribution in [1.29, 1.82) is 0 Å². The van der Waals surface area contributed by atoms with Gasteiger partial charge < -0.3 is 10.2 Å². The van der Waals surface area contributed by atoms with Crippen molar-refractivity contribution in [2.75, 3.05) is 21.1 Å². The van der Waals surface area contributed by atoms with Crippen molar-refractivity contribution in [3.8, 4) is 0 Å². The third kappa shape index (κ3) is 4.10. The highest BCUT2D eigenvalue weighted by molar-refractivity contribution is 4.82. The van der Waals surface area contributed by atoms with Crippen molar-refractivity contribution < 1.29 is 0 Å². The van der Waals surface area contributed by atoms with Gasteiger partial charge in [0, 0.05) is 11.6 Å². The molecule has 0 saturated heterocycles. The molecule has 13 heavy (non-hydrogen) atoms. The van der Waals surface area contributed by atoms with Gasteiger partial charge >= 0.3 is 0 Å². The average Bonchev–Trinajstić information content (AvgIpc) is 2.13. The van der Waals surface area contributed by atoms with Crippen molar-refractivity contribution in [3.05, 3.63) is 0 Å². The van der Waals surface area contributed by atoms with E-state index >= 15 is 0 Å². The second-order valence-electron chi connectivity index (χ2n) is 4.47. The molecule has 80 valence electrons. The van der Waals surface area contributed by atoms with Crippen LogP contribution >= 0.6 is 0 Å². The molecule has 0 aromatic carbocycles. The number of hydrogen-bond acceptors (Lipinski definition) is 2. The van der Waals surface area contributed by atoms with Crippen LogP contribution < -0.4 is 5.32 Å². The largest absolute Gasteiger partial charge is 0.317 e. The number of rotatable bonds is 6. The maximum absolute atomic E-state index is 3.28. The highest BCUT2D eigenvalue weighted by Gasteiger charge is 2.24. The van der Waals surface area contributed by atoms with E-state index in [1.54, 1.807) is 0 Å². The maximum Gasteiger partial charge on any atom is 0.0173 e. The zero-order valence-electron chi connectivity index (χ0n) is 10.1. The zero-order valence-corrected chi connectivity index (χ0v) is 10.1. The molecule has 0 radical (unpaired) electrons. The molecule has 2 heteroatoms. The predicted molar refractivity (Wildman–Crippen MR) is 60.1 cm³/mol. The lowest BCUT2D eigenvalue weighted by molar-refractivity contribution is 0.147. The van der Waals surface area contributed by atoms with Crippen molar-refractivity contribution >= 4 is 0 Å². The molecule has 0 aromatic rings. The SMILES string of the molecule is CCC(C)(CCC(C)NC)N(C)C. The highest BCUT2D eigenvalue weighted by atomic mass is 15.1. The van der Waals surface area contributed by atoms with Crippen molar-refractivity contribution in [1.82, 2.24) is 10.2 Å². The minimum atomic E-state index is 0.366. The van der Waals surface area contributed by atoms with Gasteiger partial charge in [0.25, 0.3) is 0 Å². The molecular formula is C11H26N2. The Hall–Kier alpha value is -0.0800. The fourth-order valence-corrected chi connectivity index (χ4v) is 1.39. The minimum absolute atomic E-state index is 0.366. The van der Waals surface area contributed by atoms with Crippen LogP contribution in [0.2, 0.25) is 0 Å². The molecule has 2 nitrogen and oxygen atoms in total. The summed E-state index contributed by atoms with van der Waals surface area (Å²) in [7, 11) is 6.38. The number of nitrogens with zero attached hydrogens (tertiary/aromatic N) is 1. The molecule has 2 atom stereocenters. The molecule has 0 bridgehead atoms. The Labute approximate surface area is 83.7 Å². The fraction of sp³-hybridized carbons (Fsp3) is 1.00. The van der Waals surface area contributed by atoms with Crippen molar-refractivity contribution in [3.63, 3.8) is 0 Å². The van der Waals surface area contributed by atoms with Crippen LogP contribution in [0.25, 0.3) is 0 Å². The van der Waals surface area contributed by atoms with E-state index < -0.39 is 0 Å². The summed E-state index contributed by atoms with van der Waals surface area (Å²) >= 11 is 0. The Kier molecular flexibility index (Phi) is 5.57. The predicted octanol–water partition coefficient (Wildman–Crippen LogP) is 2.10. The van der Waals surface area contributed by atoms with Gasteiger partial charge in [0.05, 0.1) is 0 Å². The first-order valence-corrected chi connectivity index (χ1v) is 5.31. The molecule has 2 unspecified atom stereocenters. The maximum atomic E-state index is 3.28. The van der Waals surface area contributed by atoms with E-state index in [2.05, 4.69) is 45.1 Å².